The van der Waals surface area contributed by atoms with Gasteiger partial charge in [-0.15, -0.1) is 0 Å². The Balaban J connectivity index is 2.35. The lowest BCUT2D eigenvalue weighted by molar-refractivity contribution is -0.145. The van der Waals surface area contributed by atoms with Crippen LogP contribution >= 0.6 is 0 Å². The van der Waals surface area contributed by atoms with Gasteiger partial charge < -0.3 is 10.4 Å². The van der Waals surface area contributed by atoms with Crippen molar-refractivity contribution < 1.29 is 14.7 Å². The van der Waals surface area contributed by atoms with Crippen LogP contribution in [0.2, 0.25) is 0 Å². The zero-order valence-electron chi connectivity index (χ0n) is 12.7. The molecule has 1 aromatic carbocycles. The summed E-state index contributed by atoms with van der Waals surface area (Å²) in [6.45, 7) is 4.17. The van der Waals surface area contributed by atoms with Gasteiger partial charge in [0.1, 0.15) is 5.54 Å². The number of carbonyl (C=O) groups is 2. The van der Waals surface area contributed by atoms with Crippen LogP contribution in [0.1, 0.15) is 32.3 Å². The molecule has 0 aliphatic heterocycles. The molecule has 21 heavy (non-hydrogen) atoms. The summed E-state index contributed by atoms with van der Waals surface area (Å²) < 4.78 is 0. The highest BCUT2D eigenvalue weighted by molar-refractivity contribution is 5.82. The summed E-state index contributed by atoms with van der Waals surface area (Å²) in [5.74, 6) is -1.09. The van der Waals surface area contributed by atoms with Gasteiger partial charge in [-0.1, -0.05) is 44.2 Å². The number of hydrogen-bond acceptors (Lipinski definition) is 3. The van der Waals surface area contributed by atoms with Crippen molar-refractivity contribution >= 4 is 11.9 Å². The lowest BCUT2D eigenvalue weighted by Gasteiger charge is -2.27. The van der Waals surface area contributed by atoms with Crippen LogP contribution in [-0.4, -0.2) is 35.6 Å². The fraction of sp³-hybridized carbons (Fsp3) is 0.500. The zero-order valence-corrected chi connectivity index (χ0v) is 12.7. The molecule has 0 bridgehead atoms. The van der Waals surface area contributed by atoms with E-state index in [0.717, 1.165) is 12.0 Å². The van der Waals surface area contributed by atoms with E-state index in [2.05, 4.69) is 10.6 Å². The first-order chi connectivity index (χ1) is 10.0. The molecule has 5 nitrogen and oxygen atoms in total. The second-order valence-corrected chi connectivity index (χ2v) is 5.03. The van der Waals surface area contributed by atoms with Crippen LogP contribution < -0.4 is 10.6 Å². The van der Waals surface area contributed by atoms with Crippen molar-refractivity contribution in [1.82, 2.24) is 10.6 Å². The second kappa shape index (κ2) is 8.42. The maximum Gasteiger partial charge on any atom is 0.323 e. The SMILES string of the molecule is CCC(CC)(NCC(=O)NCCc1ccccc1)C(=O)O. The lowest BCUT2D eigenvalue weighted by Crippen LogP contribution is -2.54. The fourth-order valence-corrected chi connectivity index (χ4v) is 2.18. The monoisotopic (exact) mass is 292 g/mol. The van der Waals surface area contributed by atoms with E-state index in [0.29, 0.717) is 19.4 Å². The molecule has 0 heterocycles. The average Bonchev–Trinajstić information content (AvgIpc) is 2.49. The minimum Gasteiger partial charge on any atom is -0.480 e. The van der Waals surface area contributed by atoms with Gasteiger partial charge in [0, 0.05) is 6.54 Å². The van der Waals surface area contributed by atoms with E-state index >= 15 is 0 Å². The number of hydrogen-bond donors (Lipinski definition) is 3. The molecule has 0 aromatic heterocycles. The molecule has 0 saturated carbocycles. The molecule has 0 radical (unpaired) electrons. The Bertz CT molecular complexity index is 456. The van der Waals surface area contributed by atoms with E-state index in [-0.39, 0.29) is 12.5 Å². The van der Waals surface area contributed by atoms with Gasteiger partial charge in [0.05, 0.1) is 6.54 Å². The van der Waals surface area contributed by atoms with Gasteiger partial charge in [-0.25, -0.2) is 0 Å². The van der Waals surface area contributed by atoms with E-state index < -0.39 is 11.5 Å². The highest BCUT2D eigenvalue weighted by atomic mass is 16.4. The highest BCUT2D eigenvalue weighted by Crippen LogP contribution is 2.14. The second-order valence-electron chi connectivity index (χ2n) is 5.03. The van der Waals surface area contributed by atoms with E-state index in [9.17, 15) is 14.7 Å². The van der Waals surface area contributed by atoms with Crippen LogP contribution in [0.5, 0.6) is 0 Å². The van der Waals surface area contributed by atoms with Crippen LogP contribution in [0.3, 0.4) is 0 Å². The molecular formula is C16H24N2O3. The molecule has 0 aliphatic carbocycles. The third kappa shape index (κ3) is 5.19. The first-order valence-electron chi connectivity index (χ1n) is 7.33. The van der Waals surface area contributed by atoms with Gasteiger partial charge in [0.2, 0.25) is 5.91 Å². The molecular weight excluding hydrogens is 268 g/mol. The first kappa shape index (κ1) is 17.2. The van der Waals surface area contributed by atoms with E-state index in [1.807, 2.05) is 30.3 Å². The van der Waals surface area contributed by atoms with Gasteiger partial charge in [0.25, 0.3) is 0 Å². The number of aliphatic carboxylic acids is 1. The standard InChI is InChI=1S/C16H24N2O3/c1-3-16(4-2,15(20)21)18-12-14(19)17-11-10-13-8-6-5-7-9-13/h5-9,18H,3-4,10-12H2,1-2H3,(H,17,19)(H,20,21). The predicted octanol–water partition coefficient (Wildman–Crippen LogP) is 1.58. The van der Waals surface area contributed by atoms with Gasteiger partial charge in [0.15, 0.2) is 0 Å². The Morgan fingerprint density at radius 3 is 2.29 bits per heavy atom. The smallest absolute Gasteiger partial charge is 0.323 e. The van der Waals surface area contributed by atoms with Crippen molar-refractivity contribution in [3.63, 3.8) is 0 Å². The summed E-state index contributed by atoms with van der Waals surface area (Å²) in [4.78, 5) is 23.1. The summed E-state index contributed by atoms with van der Waals surface area (Å²) in [7, 11) is 0. The lowest BCUT2D eigenvalue weighted by atomic mass is 9.93. The number of amides is 1. The van der Waals surface area contributed by atoms with E-state index in [4.69, 9.17) is 0 Å². The summed E-state index contributed by atoms with van der Waals surface area (Å²) in [6, 6.07) is 9.89. The van der Waals surface area contributed by atoms with E-state index in [1.165, 1.54) is 0 Å². The summed E-state index contributed by atoms with van der Waals surface area (Å²) >= 11 is 0. The molecule has 3 N–H and O–H groups in total. The van der Waals surface area contributed by atoms with Crippen LogP contribution in [0.25, 0.3) is 0 Å². The summed E-state index contributed by atoms with van der Waals surface area (Å²) in [5.41, 5.74) is 0.143. The molecule has 0 atom stereocenters. The minimum absolute atomic E-state index is 0.0166. The van der Waals surface area contributed by atoms with Crippen molar-refractivity contribution in [1.29, 1.82) is 0 Å². The molecule has 1 amide bonds. The summed E-state index contributed by atoms with van der Waals surface area (Å²) in [6.07, 6.45) is 1.64. The Hall–Kier alpha value is -1.88. The van der Waals surface area contributed by atoms with Gasteiger partial charge in [-0.3, -0.25) is 14.9 Å². The number of benzene rings is 1. The Labute approximate surface area is 125 Å². The Morgan fingerprint density at radius 1 is 1.14 bits per heavy atom. The first-order valence-corrected chi connectivity index (χ1v) is 7.33. The van der Waals surface area contributed by atoms with Crippen LogP contribution in [0.4, 0.5) is 0 Å². The molecule has 1 aromatic rings. The minimum atomic E-state index is -1.02. The van der Waals surface area contributed by atoms with Gasteiger partial charge in [-0.05, 0) is 24.8 Å². The highest BCUT2D eigenvalue weighted by Gasteiger charge is 2.34. The van der Waals surface area contributed by atoms with Crippen LogP contribution in [0.15, 0.2) is 30.3 Å². The van der Waals surface area contributed by atoms with Crippen molar-refractivity contribution in [2.45, 2.75) is 38.6 Å². The molecule has 0 unspecified atom stereocenters. The number of nitrogens with one attached hydrogen (secondary N) is 2. The molecule has 5 heteroatoms. The maximum atomic E-state index is 11.8. The molecule has 0 saturated heterocycles. The predicted molar refractivity (Wildman–Crippen MR) is 82.1 cm³/mol. The van der Waals surface area contributed by atoms with Crippen LogP contribution in [-0.2, 0) is 16.0 Å². The molecule has 0 aliphatic rings. The Morgan fingerprint density at radius 2 is 1.76 bits per heavy atom. The summed E-state index contributed by atoms with van der Waals surface area (Å²) in [5, 5.41) is 14.9. The average molecular weight is 292 g/mol. The van der Waals surface area contributed by atoms with Crippen molar-refractivity contribution in [3.8, 4) is 0 Å². The largest absolute Gasteiger partial charge is 0.480 e. The van der Waals surface area contributed by atoms with Crippen molar-refractivity contribution in [2.24, 2.45) is 0 Å². The molecule has 116 valence electrons. The number of rotatable bonds is 9. The van der Waals surface area contributed by atoms with Crippen LogP contribution in [0, 0.1) is 0 Å². The normalized spacial score (nSPS) is 11.1. The third-order valence-corrected chi connectivity index (χ3v) is 3.78. The molecule has 0 fully saturated rings. The van der Waals surface area contributed by atoms with Gasteiger partial charge in [-0.2, -0.15) is 0 Å². The third-order valence-electron chi connectivity index (χ3n) is 3.78. The van der Waals surface area contributed by atoms with Gasteiger partial charge >= 0.3 is 5.97 Å². The quantitative estimate of drug-likeness (QED) is 0.645. The van der Waals surface area contributed by atoms with E-state index in [1.54, 1.807) is 13.8 Å². The van der Waals surface area contributed by atoms with Crippen molar-refractivity contribution in [2.75, 3.05) is 13.1 Å². The molecule has 0 spiro atoms. The number of carboxylic acids is 1. The Kier molecular flexibility index (Phi) is 6.88. The maximum absolute atomic E-state index is 11.8. The van der Waals surface area contributed by atoms with Crippen molar-refractivity contribution in [3.05, 3.63) is 35.9 Å². The number of carbonyl (C=O) groups excluding carboxylic acids is 1. The zero-order chi connectivity index (χ0) is 15.7. The number of carboxylic acid groups (broad SMARTS) is 1. The molecule has 1 rings (SSSR count). The fourth-order valence-electron chi connectivity index (χ4n) is 2.18. The topological polar surface area (TPSA) is 78.4 Å².